The number of fused-ring (bicyclic) bond motifs is 3. The van der Waals surface area contributed by atoms with E-state index in [0.717, 1.165) is 37.4 Å². The molecule has 0 N–H and O–H groups in total. The Labute approximate surface area is 145 Å². The maximum absolute atomic E-state index is 12.8. The first-order valence-electron chi connectivity index (χ1n) is 8.92. The minimum atomic E-state index is -0.225. The van der Waals surface area contributed by atoms with Gasteiger partial charge < -0.3 is 9.47 Å². The summed E-state index contributed by atoms with van der Waals surface area (Å²) < 4.78 is 10.9. The molecular formula is C20H29NO3. The fourth-order valence-electron chi connectivity index (χ4n) is 4.43. The summed E-state index contributed by atoms with van der Waals surface area (Å²) in [5, 5.41) is 0. The van der Waals surface area contributed by atoms with E-state index in [4.69, 9.17) is 9.47 Å². The van der Waals surface area contributed by atoms with E-state index in [1.807, 2.05) is 0 Å². The van der Waals surface area contributed by atoms with Crippen molar-refractivity contribution in [3.8, 4) is 11.5 Å². The van der Waals surface area contributed by atoms with E-state index >= 15 is 0 Å². The normalized spacial score (nSPS) is 26.9. The van der Waals surface area contributed by atoms with Gasteiger partial charge >= 0.3 is 0 Å². The summed E-state index contributed by atoms with van der Waals surface area (Å²) in [7, 11) is 3.33. The fourth-order valence-corrected chi connectivity index (χ4v) is 4.43. The van der Waals surface area contributed by atoms with Crippen LogP contribution >= 0.6 is 0 Å². The van der Waals surface area contributed by atoms with Gasteiger partial charge in [0, 0.05) is 25.4 Å². The number of ether oxygens (including phenoxy) is 2. The van der Waals surface area contributed by atoms with Gasteiger partial charge in [0.2, 0.25) is 0 Å². The Hall–Kier alpha value is -1.55. The molecule has 1 aromatic rings. The third-order valence-corrected chi connectivity index (χ3v) is 5.71. The average Bonchev–Trinajstić information content (AvgIpc) is 2.54. The van der Waals surface area contributed by atoms with Gasteiger partial charge in [0.05, 0.1) is 19.8 Å². The quantitative estimate of drug-likeness (QED) is 0.847. The molecule has 2 aliphatic heterocycles. The minimum absolute atomic E-state index is 0.180. The Bertz CT molecular complexity index is 640. The standard InChI is InChI=1S/C20H29NO3/c1-13(2)8-15-12-21-7-6-14-9-18(23-4)19(24-5)10-16(14)20(21,3)11-17(15)22/h9-10,13,15H,6-8,11-12H2,1-5H3/t15-,20-/m1/s1. The van der Waals surface area contributed by atoms with Crippen LogP contribution < -0.4 is 9.47 Å². The number of Topliss-reactive ketones (excluding diaryl/α,β-unsaturated/α-hetero) is 1. The van der Waals surface area contributed by atoms with Crippen LogP contribution in [0.15, 0.2) is 12.1 Å². The predicted molar refractivity (Wildman–Crippen MR) is 94.7 cm³/mol. The molecule has 2 heterocycles. The van der Waals surface area contributed by atoms with Crippen molar-refractivity contribution in [1.29, 1.82) is 0 Å². The summed E-state index contributed by atoms with van der Waals surface area (Å²) >= 11 is 0. The van der Waals surface area contributed by atoms with Crippen LogP contribution in [0.1, 0.15) is 44.7 Å². The molecule has 0 radical (unpaired) electrons. The van der Waals surface area contributed by atoms with Crippen molar-refractivity contribution in [3.05, 3.63) is 23.3 Å². The van der Waals surface area contributed by atoms with Gasteiger partial charge in [-0.25, -0.2) is 0 Å². The highest BCUT2D eigenvalue weighted by Gasteiger charge is 2.46. The largest absolute Gasteiger partial charge is 0.493 e. The number of benzene rings is 1. The Morgan fingerprint density at radius 1 is 1.25 bits per heavy atom. The topological polar surface area (TPSA) is 38.8 Å². The van der Waals surface area contributed by atoms with Gasteiger partial charge in [-0.15, -0.1) is 0 Å². The van der Waals surface area contributed by atoms with Gasteiger partial charge in [-0.05, 0) is 48.9 Å². The molecule has 4 heteroatoms. The molecule has 24 heavy (non-hydrogen) atoms. The van der Waals surface area contributed by atoms with Gasteiger partial charge in [0.1, 0.15) is 5.78 Å². The van der Waals surface area contributed by atoms with Crippen molar-refractivity contribution in [3.63, 3.8) is 0 Å². The summed E-state index contributed by atoms with van der Waals surface area (Å²) in [5.41, 5.74) is 2.28. The van der Waals surface area contributed by atoms with Crippen LogP contribution in [-0.4, -0.2) is 38.0 Å². The third kappa shape index (κ3) is 2.81. The molecule has 2 atom stereocenters. The van der Waals surface area contributed by atoms with Crippen molar-refractivity contribution in [2.75, 3.05) is 27.3 Å². The van der Waals surface area contributed by atoms with Crippen LogP contribution in [0.3, 0.4) is 0 Å². The van der Waals surface area contributed by atoms with Gasteiger partial charge in [0.15, 0.2) is 11.5 Å². The lowest BCUT2D eigenvalue weighted by Crippen LogP contribution is -2.56. The number of rotatable bonds is 4. The second-order valence-corrected chi connectivity index (χ2v) is 7.80. The smallest absolute Gasteiger partial charge is 0.161 e. The molecular weight excluding hydrogens is 302 g/mol. The first kappa shape index (κ1) is 17.3. The Balaban J connectivity index is 1.97. The summed E-state index contributed by atoms with van der Waals surface area (Å²) in [4.78, 5) is 15.3. The third-order valence-electron chi connectivity index (χ3n) is 5.71. The molecule has 132 valence electrons. The van der Waals surface area contributed by atoms with E-state index in [2.05, 4.69) is 37.8 Å². The Morgan fingerprint density at radius 3 is 2.54 bits per heavy atom. The maximum Gasteiger partial charge on any atom is 0.161 e. The SMILES string of the molecule is COc1cc2c(cc1OC)[C@@]1(C)CC(=O)[C@H](CC(C)C)CN1CC2. The van der Waals surface area contributed by atoms with E-state index in [-0.39, 0.29) is 11.5 Å². The number of piperidine rings is 1. The van der Waals surface area contributed by atoms with Crippen molar-refractivity contribution >= 4 is 5.78 Å². The predicted octanol–water partition coefficient (Wildman–Crippen LogP) is 3.41. The molecule has 1 saturated heterocycles. The minimum Gasteiger partial charge on any atom is -0.493 e. The average molecular weight is 331 g/mol. The molecule has 0 aliphatic carbocycles. The number of nitrogens with zero attached hydrogens (tertiary/aromatic N) is 1. The summed E-state index contributed by atoms with van der Waals surface area (Å²) in [6, 6.07) is 4.16. The fraction of sp³-hybridized carbons (Fsp3) is 0.650. The van der Waals surface area contributed by atoms with Crippen LogP contribution in [0, 0.1) is 11.8 Å². The molecule has 4 nitrogen and oxygen atoms in total. The summed E-state index contributed by atoms with van der Waals surface area (Å²) in [6.07, 6.45) is 2.57. The summed E-state index contributed by atoms with van der Waals surface area (Å²) in [5.74, 6) is 2.67. The molecule has 2 aliphatic rings. The van der Waals surface area contributed by atoms with Crippen molar-refractivity contribution in [1.82, 2.24) is 4.90 Å². The molecule has 1 fully saturated rings. The van der Waals surface area contributed by atoms with Gasteiger partial charge in [-0.3, -0.25) is 9.69 Å². The monoisotopic (exact) mass is 331 g/mol. The van der Waals surface area contributed by atoms with Gasteiger partial charge in [-0.2, -0.15) is 0 Å². The lowest BCUT2D eigenvalue weighted by molar-refractivity contribution is -0.133. The Morgan fingerprint density at radius 2 is 1.92 bits per heavy atom. The highest BCUT2D eigenvalue weighted by molar-refractivity contribution is 5.84. The number of methoxy groups -OCH3 is 2. The van der Waals surface area contributed by atoms with Crippen LogP contribution in [0.2, 0.25) is 0 Å². The molecule has 0 unspecified atom stereocenters. The molecule has 0 aromatic heterocycles. The zero-order valence-electron chi connectivity index (χ0n) is 15.5. The molecule has 1 aromatic carbocycles. The van der Waals surface area contributed by atoms with E-state index in [1.54, 1.807) is 14.2 Å². The van der Waals surface area contributed by atoms with E-state index in [9.17, 15) is 4.79 Å². The number of ketones is 1. The molecule has 0 saturated carbocycles. The summed E-state index contributed by atoms with van der Waals surface area (Å²) in [6.45, 7) is 8.48. The number of carbonyl (C=O) groups excluding carboxylic acids is 1. The second kappa shape index (κ2) is 6.40. The van der Waals surface area contributed by atoms with Crippen molar-refractivity contribution < 1.29 is 14.3 Å². The highest BCUT2D eigenvalue weighted by Crippen LogP contribution is 2.46. The number of hydrogen-bond donors (Lipinski definition) is 0. The first-order chi connectivity index (χ1) is 11.4. The van der Waals surface area contributed by atoms with E-state index in [0.29, 0.717) is 18.1 Å². The molecule has 3 rings (SSSR count). The second-order valence-electron chi connectivity index (χ2n) is 7.80. The van der Waals surface area contributed by atoms with Crippen LogP contribution in [-0.2, 0) is 16.8 Å². The maximum atomic E-state index is 12.8. The zero-order valence-corrected chi connectivity index (χ0v) is 15.5. The van der Waals surface area contributed by atoms with Crippen LogP contribution in [0.25, 0.3) is 0 Å². The molecule has 0 spiro atoms. The van der Waals surface area contributed by atoms with Crippen molar-refractivity contribution in [2.24, 2.45) is 11.8 Å². The van der Waals surface area contributed by atoms with Gasteiger partial charge in [-0.1, -0.05) is 13.8 Å². The highest BCUT2D eigenvalue weighted by atomic mass is 16.5. The lowest BCUT2D eigenvalue weighted by Gasteiger charge is -2.51. The number of carbonyl (C=O) groups is 1. The molecule has 0 bridgehead atoms. The molecule has 0 amide bonds. The Kier molecular flexibility index (Phi) is 4.60. The van der Waals surface area contributed by atoms with Crippen molar-refractivity contribution in [2.45, 2.75) is 45.6 Å². The first-order valence-corrected chi connectivity index (χ1v) is 8.92. The van der Waals surface area contributed by atoms with E-state index in [1.165, 1.54) is 11.1 Å². The van der Waals surface area contributed by atoms with E-state index < -0.39 is 0 Å². The van der Waals surface area contributed by atoms with Crippen LogP contribution in [0.4, 0.5) is 0 Å². The lowest BCUT2D eigenvalue weighted by atomic mass is 9.72. The van der Waals surface area contributed by atoms with Crippen LogP contribution in [0.5, 0.6) is 11.5 Å². The number of hydrogen-bond acceptors (Lipinski definition) is 4. The van der Waals surface area contributed by atoms with Gasteiger partial charge in [0.25, 0.3) is 0 Å². The zero-order chi connectivity index (χ0) is 17.5.